The second-order valence-corrected chi connectivity index (χ2v) is 7.14. The summed E-state index contributed by atoms with van der Waals surface area (Å²) in [5.74, 6) is -0.294. The Morgan fingerprint density at radius 2 is 1.67 bits per heavy atom. The van der Waals surface area contributed by atoms with Crippen LogP contribution >= 0.6 is 0 Å². The highest BCUT2D eigenvalue weighted by atomic mass is 19.1. The molecule has 7 nitrogen and oxygen atoms in total. The Bertz CT molecular complexity index is 1240. The van der Waals surface area contributed by atoms with Gasteiger partial charge in [0.05, 0.1) is 5.71 Å². The average Bonchev–Trinajstić information content (AvgIpc) is 3.31. The van der Waals surface area contributed by atoms with Crippen LogP contribution in [0.5, 0.6) is 11.5 Å². The van der Waals surface area contributed by atoms with Crippen molar-refractivity contribution in [3.63, 3.8) is 0 Å². The maximum atomic E-state index is 13.1. The van der Waals surface area contributed by atoms with Crippen molar-refractivity contribution >= 4 is 23.6 Å². The number of carbonyl (C=O) groups excluding carboxylic acids is 2. The minimum atomic E-state index is -0.626. The topological polar surface area (TPSA) is 89.0 Å². The summed E-state index contributed by atoms with van der Waals surface area (Å²) >= 11 is 0. The highest BCUT2D eigenvalue weighted by Crippen LogP contribution is 2.33. The number of halogens is 1. The molecule has 0 atom stereocenters. The van der Waals surface area contributed by atoms with Crippen LogP contribution in [0.1, 0.15) is 28.4 Å². The number of benzene rings is 3. The Hall–Kier alpha value is -4.46. The van der Waals surface area contributed by atoms with Gasteiger partial charge in [-0.25, -0.2) is 9.82 Å². The monoisotopic (exact) mass is 445 g/mol. The Kier molecular flexibility index (Phi) is 6.45. The standard InChI is InChI=1S/C25H20FN3O4/c1-16(18-8-10-20(26)11-9-18)28-29-25(31)21(27-24(30)19-5-3-2-4-6-19)13-17-7-12-22-23(14-17)33-15-32-22/h2-14H,15H2,1H3,(H,27,30)(H,29,31). The quantitative estimate of drug-likeness (QED) is 0.343. The molecule has 33 heavy (non-hydrogen) atoms. The van der Waals surface area contributed by atoms with E-state index >= 15 is 0 Å². The Balaban J connectivity index is 1.58. The summed E-state index contributed by atoms with van der Waals surface area (Å²) in [4.78, 5) is 25.6. The molecule has 3 aromatic carbocycles. The molecular formula is C25H20FN3O4. The highest BCUT2D eigenvalue weighted by molar-refractivity contribution is 6.06. The van der Waals surface area contributed by atoms with Gasteiger partial charge in [-0.1, -0.05) is 36.4 Å². The molecule has 3 aromatic rings. The molecule has 1 aliphatic heterocycles. The molecule has 1 aliphatic rings. The zero-order chi connectivity index (χ0) is 23.2. The number of rotatable bonds is 6. The molecule has 8 heteroatoms. The number of nitrogens with zero attached hydrogens (tertiary/aromatic N) is 1. The van der Waals surface area contributed by atoms with Crippen LogP contribution in [0.3, 0.4) is 0 Å². The number of amides is 2. The second kappa shape index (κ2) is 9.78. The minimum absolute atomic E-state index is 0.0154. The zero-order valence-corrected chi connectivity index (χ0v) is 17.7. The van der Waals surface area contributed by atoms with Crippen molar-refractivity contribution in [2.45, 2.75) is 6.92 Å². The lowest BCUT2D eigenvalue weighted by Gasteiger charge is -2.10. The van der Waals surface area contributed by atoms with E-state index in [9.17, 15) is 14.0 Å². The van der Waals surface area contributed by atoms with Crippen molar-refractivity contribution in [3.05, 3.63) is 101 Å². The van der Waals surface area contributed by atoms with Crippen molar-refractivity contribution in [2.24, 2.45) is 5.10 Å². The fourth-order valence-corrected chi connectivity index (χ4v) is 3.06. The SMILES string of the molecule is CC(=NNC(=O)C(=Cc1ccc2c(c1)OCO2)NC(=O)c1ccccc1)c1ccc(F)cc1. The van der Waals surface area contributed by atoms with Gasteiger partial charge in [0.25, 0.3) is 11.8 Å². The van der Waals surface area contributed by atoms with Crippen molar-refractivity contribution in [2.75, 3.05) is 6.79 Å². The molecule has 0 aliphatic carbocycles. The molecule has 0 bridgehead atoms. The summed E-state index contributed by atoms with van der Waals surface area (Å²) in [6, 6.07) is 19.4. The maximum Gasteiger partial charge on any atom is 0.287 e. The third kappa shape index (κ3) is 5.43. The van der Waals surface area contributed by atoms with Gasteiger partial charge in [-0.15, -0.1) is 0 Å². The summed E-state index contributed by atoms with van der Waals surface area (Å²) in [5.41, 5.74) is 4.56. The number of hydrogen-bond donors (Lipinski definition) is 2. The van der Waals surface area contributed by atoms with E-state index in [0.29, 0.717) is 33.9 Å². The molecule has 0 spiro atoms. The number of nitrogens with one attached hydrogen (secondary N) is 2. The zero-order valence-electron chi connectivity index (χ0n) is 17.7. The van der Waals surface area contributed by atoms with Crippen LogP contribution < -0.4 is 20.2 Å². The summed E-state index contributed by atoms with van der Waals surface area (Å²) in [7, 11) is 0. The molecule has 0 aromatic heterocycles. The Morgan fingerprint density at radius 1 is 0.939 bits per heavy atom. The van der Waals surface area contributed by atoms with E-state index in [1.54, 1.807) is 67.6 Å². The van der Waals surface area contributed by atoms with Crippen LogP contribution in [0.2, 0.25) is 0 Å². The van der Waals surface area contributed by atoms with Crippen molar-refractivity contribution in [1.82, 2.24) is 10.7 Å². The van der Waals surface area contributed by atoms with E-state index < -0.39 is 11.8 Å². The Labute approximate surface area is 189 Å². The van der Waals surface area contributed by atoms with Crippen molar-refractivity contribution in [3.8, 4) is 11.5 Å². The third-order valence-electron chi connectivity index (χ3n) is 4.82. The first kappa shape index (κ1) is 21.8. The lowest BCUT2D eigenvalue weighted by Crippen LogP contribution is -2.33. The number of hydrogen-bond acceptors (Lipinski definition) is 5. The van der Waals surface area contributed by atoms with Crippen LogP contribution in [0.25, 0.3) is 6.08 Å². The smallest absolute Gasteiger partial charge is 0.287 e. The fourth-order valence-electron chi connectivity index (χ4n) is 3.06. The van der Waals surface area contributed by atoms with Gasteiger partial charge >= 0.3 is 0 Å². The molecule has 2 N–H and O–H groups in total. The average molecular weight is 445 g/mol. The van der Waals surface area contributed by atoms with Crippen LogP contribution in [0, 0.1) is 5.82 Å². The van der Waals surface area contributed by atoms with Crippen LogP contribution in [0.15, 0.2) is 83.6 Å². The van der Waals surface area contributed by atoms with Gasteiger partial charge in [-0.3, -0.25) is 9.59 Å². The third-order valence-corrected chi connectivity index (χ3v) is 4.82. The van der Waals surface area contributed by atoms with E-state index in [1.807, 2.05) is 0 Å². The molecule has 1 heterocycles. The molecule has 0 saturated carbocycles. The molecule has 4 rings (SSSR count). The molecule has 0 unspecified atom stereocenters. The van der Waals surface area contributed by atoms with Crippen LogP contribution in [0.4, 0.5) is 4.39 Å². The first-order chi connectivity index (χ1) is 16.0. The maximum absolute atomic E-state index is 13.1. The van der Waals surface area contributed by atoms with E-state index in [0.717, 1.165) is 0 Å². The lowest BCUT2D eigenvalue weighted by atomic mass is 10.1. The van der Waals surface area contributed by atoms with E-state index in [1.165, 1.54) is 18.2 Å². The molecule has 0 radical (unpaired) electrons. The van der Waals surface area contributed by atoms with Gasteiger partial charge in [0.1, 0.15) is 11.5 Å². The summed E-state index contributed by atoms with van der Waals surface area (Å²) < 4.78 is 23.8. The molecule has 0 fully saturated rings. The van der Waals surface area contributed by atoms with Crippen LogP contribution in [-0.4, -0.2) is 24.3 Å². The van der Waals surface area contributed by atoms with E-state index in [-0.39, 0.29) is 18.3 Å². The van der Waals surface area contributed by atoms with Gasteiger partial charge in [0, 0.05) is 5.56 Å². The number of fused-ring (bicyclic) bond motifs is 1. The lowest BCUT2D eigenvalue weighted by molar-refractivity contribution is -0.117. The highest BCUT2D eigenvalue weighted by Gasteiger charge is 2.17. The van der Waals surface area contributed by atoms with E-state index in [4.69, 9.17) is 9.47 Å². The summed E-state index contributed by atoms with van der Waals surface area (Å²) in [6.45, 7) is 1.80. The molecule has 166 valence electrons. The molecule has 2 amide bonds. The first-order valence-corrected chi connectivity index (χ1v) is 10.1. The number of carbonyl (C=O) groups is 2. The van der Waals surface area contributed by atoms with Gasteiger partial charge in [-0.2, -0.15) is 5.10 Å². The predicted molar refractivity (Wildman–Crippen MR) is 121 cm³/mol. The van der Waals surface area contributed by atoms with Crippen LogP contribution in [-0.2, 0) is 4.79 Å². The van der Waals surface area contributed by atoms with E-state index in [2.05, 4.69) is 15.8 Å². The first-order valence-electron chi connectivity index (χ1n) is 10.1. The van der Waals surface area contributed by atoms with Gasteiger partial charge in [0.15, 0.2) is 11.5 Å². The minimum Gasteiger partial charge on any atom is -0.454 e. The largest absolute Gasteiger partial charge is 0.454 e. The van der Waals surface area contributed by atoms with Gasteiger partial charge < -0.3 is 14.8 Å². The predicted octanol–water partition coefficient (Wildman–Crippen LogP) is 3.87. The van der Waals surface area contributed by atoms with Gasteiger partial charge in [-0.05, 0) is 60.5 Å². The number of ether oxygens (including phenoxy) is 2. The normalized spacial score (nSPS) is 12.9. The molecule has 0 saturated heterocycles. The Morgan fingerprint density at radius 3 is 2.42 bits per heavy atom. The van der Waals surface area contributed by atoms with Crippen molar-refractivity contribution in [1.29, 1.82) is 0 Å². The second-order valence-electron chi connectivity index (χ2n) is 7.14. The number of hydrazone groups is 1. The van der Waals surface area contributed by atoms with Gasteiger partial charge in [0.2, 0.25) is 6.79 Å². The van der Waals surface area contributed by atoms with Crippen molar-refractivity contribution < 1.29 is 23.5 Å². The summed E-state index contributed by atoms with van der Waals surface area (Å²) in [6.07, 6.45) is 1.51. The molecular weight excluding hydrogens is 425 g/mol. The summed E-state index contributed by atoms with van der Waals surface area (Å²) in [5, 5.41) is 6.72. The fraction of sp³-hybridized carbons (Fsp3) is 0.0800.